The average molecular weight is 382 g/mol. The van der Waals surface area contributed by atoms with Crippen LogP contribution in [0, 0.1) is 0 Å². The van der Waals surface area contributed by atoms with Crippen LogP contribution in [0.3, 0.4) is 0 Å². The lowest BCUT2D eigenvalue weighted by molar-refractivity contribution is -0.115. The molecule has 0 aliphatic carbocycles. The average Bonchev–Trinajstić information content (AvgIpc) is 3.06. The fourth-order valence-corrected chi connectivity index (χ4v) is 4.18. The van der Waals surface area contributed by atoms with E-state index in [9.17, 15) is 4.79 Å². The van der Waals surface area contributed by atoms with E-state index in [1.807, 2.05) is 59.5 Å². The molecule has 0 saturated carbocycles. The molecule has 1 unspecified atom stereocenters. The van der Waals surface area contributed by atoms with Gasteiger partial charge in [-0.25, -0.2) is 0 Å². The number of hydrogen-bond acceptors (Lipinski definition) is 3. The van der Waals surface area contributed by atoms with Crippen LogP contribution >= 0.6 is 23.4 Å². The maximum Gasteiger partial charge on any atom is 0.238 e. The van der Waals surface area contributed by atoms with E-state index in [0.29, 0.717) is 16.5 Å². The smallest absolute Gasteiger partial charge is 0.238 e. The number of carbonyl (C=O) groups is 1. The van der Waals surface area contributed by atoms with Crippen molar-refractivity contribution in [3.05, 3.63) is 89.4 Å². The van der Waals surface area contributed by atoms with E-state index >= 15 is 0 Å². The summed E-state index contributed by atoms with van der Waals surface area (Å²) in [6.45, 7) is 0. The van der Waals surface area contributed by atoms with Crippen molar-refractivity contribution in [2.75, 3.05) is 10.7 Å². The van der Waals surface area contributed by atoms with Crippen LogP contribution in [0.2, 0.25) is 5.02 Å². The molecule has 0 spiro atoms. The normalized spacial score (nSPS) is 16.7. The highest BCUT2D eigenvalue weighted by Crippen LogP contribution is 2.42. The Balaban J connectivity index is 1.55. The van der Waals surface area contributed by atoms with Crippen molar-refractivity contribution in [2.24, 2.45) is 0 Å². The summed E-state index contributed by atoms with van der Waals surface area (Å²) in [4.78, 5) is 14.3. The first kappa shape index (κ1) is 17.0. The molecule has 26 heavy (non-hydrogen) atoms. The Morgan fingerprint density at radius 2 is 1.50 bits per heavy atom. The number of ether oxygens (including phenoxy) is 1. The van der Waals surface area contributed by atoms with Gasteiger partial charge in [0.05, 0.1) is 5.75 Å². The fraction of sp³-hybridized carbons (Fsp3) is 0.0952. The van der Waals surface area contributed by atoms with Gasteiger partial charge in [-0.15, -0.1) is 11.8 Å². The first-order valence-electron chi connectivity index (χ1n) is 8.23. The standard InChI is InChI=1S/C21H16ClNO2S/c22-16-6-10-18(11-7-16)25-19-12-8-17(9-13-19)23-20(24)14-26-21(23)15-4-2-1-3-5-15/h1-13,21H,14H2. The van der Waals surface area contributed by atoms with Crippen LogP contribution in [0.15, 0.2) is 78.9 Å². The molecular weight excluding hydrogens is 366 g/mol. The van der Waals surface area contributed by atoms with Crippen LogP contribution in [-0.4, -0.2) is 11.7 Å². The van der Waals surface area contributed by atoms with Gasteiger partial charge < -0.3 is 4.74 Å². The Morgan fingerprint density at radius 3 is 2.15 bits per heavy atom. The minimum Gasteiger partial charge on any atom is -0.457 e. The van der Waals surface area contributed by atoms with E-state index in [2.05, 4.69) is 12.1 Å². The van der Waals surface area contributed by atoms with Crippen molar-refractivity contribution in [1.29, 1.82) is 0 Å². The van der Waals surface area contributed by atoms with Gasteiger partial charge in [0, 0.05) is 10.7 Å². The maximum atomic E-state index is 12.4. The molecule has 5 heteroatoms. The van der Waals surface area contributed by atoms with E-state index in [1.165, 1.54) is 0 Å². The second-order valence-corrected chi connectivity index (χ2v) is 7.39. The van der Waals surface area contributed by atoms with E-state index in [0.717, 1.165) is 17.0 Å². The molecule has 3 nitrogen and oxygen atoms in total. The van der Waals surface area contributed by atoms with Gasteiger partial charge in [0.1, 0.15) is 16.9 Å². The molecule has 1 amide bonds. The highest BCUT2D eigenvalue weighted by molar-refractivity contribution is 8.00. The van der Waals surface area contributed by atoms with Gasteiger partial charge in [0.2, 0.25) is 5.91 Å². The number of amides is 1. The number of hydrogen-bond donors (Lipinski definition) is 0. The van der Waals surface area contributed by atoms with Gasteiger partial charge in [-0.2, -0.15) is 0 Å². The van der Waals surface area contributed by atoms with E-state index in [4.69, 9.17) is 16.3 Å². The second-order valence-electron chi connectivity index (χ2n) is 5.89. The molecule has 3 aromatic rings. The van der Waals surface area contributed by atoms with Crippen LogP contribution in [0.25, 0.3) is 0 Å². The summed E-state index contributed by atoms with van der Waals surface area (Å²) in [5.74, 6) is 2.04. The lowest BCUT2D eigenvalue weighted by atomic mass is 10.2. The summed E-state index contributed by atoms with van der Waals surface area (Å²) in [6, 6.07) is 24.9. The monoisotopic (exact) mass is 381 g/mol. The van der Waals surface area contributed by atoms with Gasteiger partial charge in [0.15, 0.2) is 0 Å². The topological polar surface area (TPSA) is 29.5 Å². The molecule has 1 fully saturated rings. The Morgan fingerprint density at radius 1 is 0.885 bits per heavy atom. The number of rotatable bonds is 4. The molecule has 3 aromatic carbocycles. The van der Waals surface area contributed by atoms with E-state index in [1.54, 1.807) is 23.9 Å². The summed E-state index contributed by atoms with van der Waals surface area (Å²) >= 11 is 7.54. The first-order valence-corrected chi connectivity index (χ1v) is 9.65. The minimum absolute atomic E-state index is 0.00623. The third kappa shape index (κ3) is 3.57. The van der Waals surface area contributed by atoms with Crippen LogP contribution < -0.4 is 9.64 Å². The summed E-state index contributed by atoms with van der Waals surface area (Å²) in [5.41, 5.74) is 2.00. The third-order valence-electron chi connectivity index (χ3n) is 4.12. The lowest BCUT2D eigenvalue weighted by Gasteiger charge is -2.24. The summed E-state index contributed by atoms with van der Waals surface area (Å²) in [7, 11) is 0. The summed E-state index contributed by atoms with van der Waals surface area (Å²) in [6.07, 6.45) is 0. The number of nitrogens with zero attached hydrogens (tertiary/aromatic N) is 1. The molecule has 4 rings (SSSR count). The molecule has 1 saturated heterocycles. The molecule has 0 bridgehead atoms. The Kier molecular flexibility index (Phi) is 4.87. The number of carbonyl (C=O) groups excluding carboxylic acids is 1. The zero-order valence-electron chi connectivity index (χ0n) is 13.8. The number of benzene rings is 3. The number of anilines is 1. The zero-order valence-corrected chi connectivity index (χ0v) is 15.4. The van der Waals surface area contributed by atoms with Gasteiger partial charge in [-0.05, 0) is 54.1 Å². The molecule has 0 N–H and O–H groups in total. The van der Waals surface area contributed by atoms with Crippen molar-refractivity contribution in [1.82, 2.24) is 0 Å². The van der Waals surface area contributed by atoms with Crippen molar-refractivity contribution in [3.63, 3.8) is 0 Å². The third-order valence-corrected chi connectivity index (χ3v) is 5.58. The SMILES string of the molecule is O=C1CSC(c2ccccc2)N1c1ccc(Oc2ccc(Cl)cc2)cc1. The van der Waals surface area contributed by atoms with Gasteiger partial charge in [0.25, 0.3) is 0 Å². The van der Waals surface area contributed by atoms with E-state index in [-0.39, 0.29) is 11.3 Å². The quantitative estimate of drug-likeness (QED) is 0.562. The van der Waals surface area contributed by atoms with Gasteiger partial charge in [-0.3, -0.25) is 9.69 Å². The summed E-state index contributed by atoms with van der Waals surface area (Å²) < 4.78 is 5.82. The predicted octanol–water partition coefficient (Wildman–Crippen LogP) is 5.91. The molecule has 1 aliphatic heterocycles. The summed E-state index contributed by atoms with van der Waals surface area (Å²) in [5, 5.41) is 0.677. The second kappa shape index (κ2) is 7.44. The van der Waals surface area contributed by atoms with Crippen LogP contribution in [-0.2, 0) is 4.79 Å². The number of thioether (sulfide) groups is 1. The van der Waals surface area contributed by atoms with E-state index < -0.39 is 0 Å². The fourth-order valence-electron chi connectivity index (χ4n) is 2.88. The molecule has 1 aliphatic rings. The molecule has 130 valence electrons. The Labute approximate surface area is 161 Å². The van der Waals surface area contributed by atoms with Crippen LogP contribution in [0.5, 0.6) is 11.5 Å². The largest absolute Gasteiger partial charge is 0.457 e. The van der Waals surface area contributed by atoms with Crippen molar-refractivity contribution >= 4 is 35.0 Å². The highest BCUT2D eigenvalue weighted by atomic mass is 35.5. The van der Waals surface area contributed by atoms with Crippen molar-refractivity contribution < 1.29 is 9.53 Å². The Hall–Kier alpha value is -2.43. The minimum atomic E-state index is 0.00623. The molecular formula is C21H16ClNO2S. The predicted molar refractivity (Wildman–Crippen MR) is 107 cm³/mol. The van der Waals surface area contributed by atoms with Gasteiger partial charge in [-0.1, -0.05) is 41.9 Å². The maximum absolute atomic E-state index is 12.4. The highest BCUT2D eigenvalue weighted by Gasteiger charge is 2.33. The zero-order chi connectivity index (χ0) is 17.9. The first-order chi connectivity index (χ1) is 12.7. The molecule has 0 radical (unpaired) electrons. The van der Waals surface area contributed by atoms with Crippen molar-refractivity contribution in [3.8, 4) is 11.5 Å². The molecule has 1 heterocycles. The number of halogens is 1. The Bertz CT molecular complexity index is 898. The molecule has 0 aromatic heterocycles. The molecule has 1 atom stereocenters. The van der Waals surface area contributed by atoms with Crippen molar-refractivity contribution in [2.45, 2.75) is 5.37 Å². The van der Waals surface area contributed by atoms with Gasteiger partial charge >= 0.3 is 0 Å². The van der Waals surface area contributed by atoms with Crippen LogP contribution in [0.4, 0.5) is 5.69 Å². The van der Waals surface area contributed by atoms with Crippen LogP contribution in [0.1, 0.15) is 10.9 Å². The lowest BCUT2D eigenvalue weighted by Crippen LogP contribution is -2.27.